The van der Waals surface area contributed by atoms with Crippen LogP contribution in [0.3, 0.4) is 0 Å². The highest BCUT2D eigenvalue weighted by Crippen LogP contribution is 2.28. The fourth-order valence-corrected chi connectivity index (χ4v) is 2.51. The second-order valence-electron chi connectivity index (χ2n) is 4.64. The van der Waals surface area contributed by atoms with E-state index in [4.69, 9.17) is 11.6 Å². The number of hydrogen-bond acceptors (Lipinski definition) is 3. The molecule has 3 nitrogen and oxygen atoms in total. The highest BCUT2D eigenvalue weighted by molar-refractivity contribution is 6.34. The molecule has 0 fully saturated rings. The van der Waals surface area contributed by atoms with Crippen LogP contribution in [0.15, 0.2) is 23.2 Å². The highest BCUT2D eigenvalue weighted by Gasteiger charge is 2.17. The molecule has 0 radical (unpaired) electrons. The molecule has 0 bridgehead atoms. The number of hydrogen-bond donors (Lipinski definition) is 0. The zero-order valence-electron chi connectivity index (χ0n) is 11.7. The first-order chi connectivity index (χ1) is 8.63. The van der Waals surface area contributed by atoms with Crippen molar-refractivity contribution < 1.29 is 0 Å². The number of benzene rings is 1. The highest BCUT2D eigenvalue weighted by atomic mass is 35.5. The summed E-state index contributed by atoms with van der Waals surface area (Å²) >= 11 is 6.35. The van der Waals surface area contributed by atoms with Crippen LogP contribution in [0.25, 0.3) is 0 Å². The number of likely N-dealkylation sites (N-methyl/N-ethyl adjacent to an activating group) is 2. The summed E-state index contributed by atoms with van der Waals surface area (Å²) in [7, 11) is 2.06. The number of rotatable bonds is 4. The van der Waals surface area contributed by atoms with Crippen molar-refractivity contribution in [2.24, 2.45) is 4.99 Å². The maximum atomic E-state index is 6.35. The summed E-state index contributed by atoms with van der Waals surface area (Å²) in [5.74, 6) is 1.16. The molecule has 0 amide bonds. The fourth-order valence-electron chi connectivity index (χ4n) is 2.24. The van der Waals surface area contributed by atoms with E-state index in [9.17, 15) is 0 Å². The molecule has 1 aliphatic rings. The van der Waals surface area contributed by atoms with Crippen LogP contribution in [-0.4, -0.2) is 44.0 Å². The molecule has 0 atom stereocenters. The number of amidine groups is 1. The summed E-state index contributed by atoms with van der Waals surface area (Å²) in [6, 6.07) is 6.13. The molecular formula is C14H21Cl2N3. The largest absolute Gasteiger partial charge is 0.366 e. The van der Waals surface area contributed by atoms with Gasteiger partial charge in [-0.2, -0.15) is 0 Å². The SMILES string of the molecule is CCN1CCN=C1CN(C)c1cccc(C)c1Cl.Cl. The second-order valence-corrected chi connectivity index (χ2v) is 5.02. The van der Waals surface area contributed by atoms with Crippen molar-refractivity contribution in [2.75, 3.05) is 38.1 Å². The lowest BCUT2D eigenvalue weighted by Crippen LogP contribution is -2.36. The smallest absolute Gasteiger partial charge is 0.119 e. The van der Waals surface area contributed by atoms with Gasteiger partial charge in [-0.1, -0.05) is 23.7 Å². The number of aliphatic imine (C=N–C) groups is 1. The van der Waals surface area contributed by atoms with Crippen LogP contribution in [0.1, 0.15) is 12.5 Å². The van der Waals surface area contributed by atoms with E-state index in [1.165, 1.54) is 0 Å². The van der Waals surface area contributed by atoms with E-state index in [-0.39, 0.29) is 12.4 Å². The van der Waals surface area contributed by atoms with E-state index in [0.717, 1.165) is 48.3 Å². The Hall–Kier alpha value is -0.930. The van der Waals surface area contributed by atoms with Crippen molar-refractivity contribution >= 4 is 35.5 Å². The molecule has 106 valence electrons. The van der Waals surface area contributed by atoms with Crippen LogP contribution in [0.4, 0.5) is 5.69 Å². The molecule has 0 saturated heterocycles. The predicted molar refractivity (Wildman–Crippen MR) is 86.3 cm³/mol. The number of anilines is 1. The van der Waals surface area contributed by atoms with Gasteiger partial charge in [0.2, 0.25) is 0 Å². The van der Waals surface area contributed by atoms with E-state index < -0.39 is 0 Å². The Bertz CT molecular complexity index is 460. The quantitative estimate of drug-likeness (QED) is 0.850. The molecule has 19 heavy (non-hydrogen) atoms. The monoisotopic (exact) mass is 301 g/mol. The van der Waals surface area contributed by atoms with E-state index in [1.807, 2.05) is 19.1 Å². The van der Waals surface area contributed by atoms with Crippen molar-refractivity contribution in [3.8, 4) is 0 Å². The van der Waals surface area contributed by atoms with Crippen molar-refractivity contribution in [3.05, 3.63) is 28.8 Å². The standard InChI is InChI=1S/C14H20ClN3.ClH/c1-4-18-9-8-16-13(18)10-17(3)12-7-5-6-11(2)14(12)15;/h5-7H,4,8-10H2,1-3H3;1H. The first kappa shape index (κ1) is 16.1. The molecule has 1 aromatic carbocycles. The van der Waals surface area contributed by atoms with Crippen molar-refractivity contribution in [3.63, 3.8) is 0 Å². The molecule has 0 spiro atoms. The zero-order chi connectivity index (χ0) is 13.1. The minimum absolute atomic E-state index is 0. The van der Waals surface area contributed by atoms with E-state index in [2.05, 4.69) is 34.8 Å². The van der Waals surface area contributed by atoms with Crippen LogP contribution in [-0.2, 0) is 0 Å². The molecule has 2 rings (SSSR count). The van der Waals surface area contributed by atoms with Gasteiger partial charge in [0.15, 0.2) is 0 Å². The first-order valence-corrected chi connectivity index (χ1v) is 6.75. The lowest BCUT2D eigenvalue weighted by molar-refractivity contribution is 0.477. The van der Waals surface area contributed by atoms with Crippen molar-refractivity contribution in [2.45, 2.75) is 13.8 Å². The van der Waals surface area contributed by atoms with Crippen molar-refractivity contribution in [1.29, 1.82) is 0 Å². The third kappa shape index (κ3) is 3.54. The van der Waals surface area contributed by atoms with E-state index in [1.54, 1.807) is 0 Å². The summed E-state index contributed by atoms with van der Waals surface area (Å²) in [5, 5.41) is 0.835. The van der Waals surface area contributed by atoms with Gasteiger partial charge in [0.1, 0.15) is 5.84 Å². The Balaban J connectivity index is 0.00000180. The third-order valence-electron chi connectivity index (χ3n) is 3.37. The summed E-state index contributed by atoms with van der Waals surface area (Å²) < 4.78 is 0. The third-order valence-corrected chi connectivity index (χ3v) is 3.86. The minimum atomic E-state index is 0. The lowest BCUT2D eigenvalue weighted by Gasteiger charge is -2.25. The summed E-state index contributed by atoms with van der Waals surface area (Å²) in [5.41, 5.74) is 2.18. The summed E-state index contributed by atoms with van der Waals surface area (Å²) in [4.78, 5) is 9.05. The summed E-state index contributed by atoms with van der Waals surface area (Å²) in [6.45, 7) is 8.00. The van der Waals surface area contributed by atoms with Gasteiger partial charge >= 0.3 is 0 Å². The van der Waals surface area contributed by atoms with Gasteiger partial charge in [-0.05, 0) is 25.5 Å². The molecule has 0 unspecified atom stereocenters. The Morgan fingerprint density at radius 3 is 2.84 bits per heavy atom. The minimum Gasteiger partial charge on any atom is -0.366 e. The number of aryl methyl sites for hydroxylation is 1. The first-order valence-electron chi connectivity index (χ1n) is 6.38. The van der Waals surface area contributed by atoms with Gasteiger partial charge in [-0.3, -0.25) is 4.99 Å². The van der Waals surface area contributed by atoms with Gasteiger partial charge < -0.3 is 9.80 Å². The van der Waals surface area contributed by atoms with Crippen molar-refractivity contribution in [1.82, 2.24) is 4.90 Å². The van der Waals surface area contributed by atoms with Gasteiger partial charge in [0.25, 0.3) is 0 Å². The van der Waals surface area contributed by atoms with Gasteiger partial charge in [0, 0.05) is 20.1 Å². The molecule has 1 aliphatic heterocycles. The average molecular weight is 302 g/mol. The van der Waals surface area contributed by atoms with Crippen LogP contribution in [0, 0.1) is 6.92 Å². The normalized spacial score (nSPS) is 14.1. The van der Waals surface area contributed by atoms with Crippen LogP contribution >= 0.6 is 24.0 Å². The summed E-state index contributed by atoms with van der Waals surface area (Å²) in [6.07, 6.45) is 0. The average Bonchev–Trinajstić information content (AvgIpc) is 2.79. The zero-order valence-corrected chi connectivity index (χ0v) is 13.3. The molecule has 0 N–H and O–H groups in total. The molecule has 5 heteroatoms. The maximum absolute atomic E-state index is 6.35. The molecule has 1 aromatic rings. The molecule has 0 aromatic heterocycles. The number of nitrogens with zero attached hydrogens (tertiary/aromatic N) is 3. The number of halogens is 2. The fraction of sp³-hybridized carbons (Fsp3) is 0.500. The Morgan fingerprint density at radius 1 is 1.42 bits per heavy atom. The van der Waals surface area contributed by atoms with E-state index >= 15 is 0 Å². The van der Waals surface area contributed by atoms with Gasteiger partial charge in [-0.15, -0.1) is 12.4 Å². The Labute approximate surface area is 126 Å². The predicted octanol–water partition coefficient (Wildman–Crippen LogP) is 3.24. The van der Waals surface area contributed by atoms with Gasteiger partial charge in [-0.25, -0.2) is 0 Å². The lowest BCUT2D eigenvalue weighted by atomic mass is 10.2. The van der Waals surface area contributed by atoms with E-state index in [0.29, 0.717) is 0 Å². The molecular weight excluding hydrogens is 281 g/mol. The van der Waals surface area contributed by atoms with Crippen LogP contribution in [0.5, 0.6) is 0 Å². The maximum Gasteiger partial charge on any atom is 0.119 e. The topological polar surface area (TPSA) is 18.8 Å². The molecule has 0 saturated carbocycles. The van der Waals surface area contributed by atoms with Crippen LogP contribution in [0.2, 0.25) is 5.02 Å². The Kier molecular flexibility index (Phi) is 5.95. The Morgan fingerprint density at radius 2 is 2.16 bits per heavy atom. The van der Waals surface area contributed by atoms with Gasteiger partial charge in [0.05, 0.1) is 23.8 Å². The second kappa shape index (κ2) is 7.01. The van der Waals surface area contributed by atoms with Crippen LogP contribution < -0.4 is 4.90 Å². The molecule has 1 heterocycles. The molecule has 0 aliphatic carbocycles.